The monoisotopic (exact) mass is 306 g/mol. The maximum Gasteiger partial charge on any atom is 0.410 e. The van der Waals surface area contributed by atoms with Crippen LogP contribution >= 0.6 is 0 Å². The van der Waals surface area contributed by atoms with Crippen LogP contribution in [0.15, 0.2) is 0 Å². The summed E-state index contributed by atoms with van der Waals surface area (Å²) >= 11 is 0. The minimum absolute atomic E-state index is 0.145. The third kappa shape index (κ3) is 3.94. The lowest BCUT2D eigenvalue weighted by molar-refractivity contribution is -0.0395. The molecule has 0 aliphatic carbocycles. The van der Waals surface area contributed by atoms with Gasteiger partial charge in [0.15, 0.2) is 10.1 Å². The highest BCUT2D eigenvalue weighted by Crippen LogP contribution is 2.27. The van der Waals surface area contributed by atoms with Gasteiger partial charge in [-0.3, -0.25) is 0 Å². The van der Waals surface area contributed by atoms with Gasteiger partial charge in [-0.1, -0.05) is 0 Å². The Morgan fingerprint density at radius 1 is 1.42 bits per heavy atom. The zero-order chi connectivity index (χ0) is 14.7. The predicted molar refractivity (Wildman–Crippen MR) is 53.3 cm³/mol. The number of alkyl halides is 3. The van der Waals surface area contributed by atoms with E-state index in [0.717, 1.165) is 4.90 Å². The van der Waals surface area contributed by atoms with Gasteiger partial charge in [-0.2, -0.15) is 8.78 Å². The highest BCUT2D eigenvalue weighted by atomic mass is 32.2. The van der Waals surface area contributed by atoms with Gasteiger partial charge in [-0.25, -0.2) is 17.6 Å². The van der Waals surface area contributed by atoms with Crippen molar-refractivity contribution in [3.05, 3.63) is 0 Å². The third-order valence-corrected chi connectivity index (χ3v) is 3.24. The summed E-state index contributed by atoms with van der Waals surface area (Å²) in [6.45, 7) is -0.790. The topological polar surface area (TPSA) is 96.0 Å². The minimum Gasteiger partial charge on any atom is -0.743 e. The average Bonchev–Trinajstić information content (AvgIpc) is 2.35. The van der Waals surface area contributed by atoms with Gasteiger partial charge in [-0.05, 0) is 0 Å². The molecule has 1 heterocycles. The van der Waals surface area contributed by atoms with E-state index in [0.29, 0.717) is 0 Å². The summed E-state index contributed by atoms with van der Waals surface area (Å²) in [4.78, 5) is 12.4. The molecule has 0 spiro atoms. The van der Waals surface area contributed by atoms with E-state index < -0.39 is 34.2 Å². The minimum atomic E-state index is -6.16. The molecule has 1 amide bonds. The lowest BCUT2D eigenvalue weighted by Crippen LogP contribution is -2.45. The van der Waals surface area contributed by atoms with Crippen molar-refractivity contribution < 1.29 is 40.4 Å². The van der Waals surface area contributed by atoms with E-state index in [1.807, 2.05) is 0 Å². The Bertz CT molecular complexity index is 422. The van der Waals surface area contributed by atoms with Gasteiger partial charge in [0.05, 0.1) is 13.2 Å². The van der Waals surface area contributed by atoms with Crippen molar-refractivity contribution in [1.29, 1.82) is 0 Å². The average molecular weight is 306 g/mol. The number of carbonyl (C=O) groups excluding carboxylic acids is 1. The first kappa shape index (κ1) is 16.0. The third-order valence-electron chi connectivity index (χ3n) is 2.32. The first-order chi connectivity index (χ1) is 8.66. The Morgan fingerprint density at radius 3 is 2.42 bits per heavy atom. The van der Waals surface area contributed by atoms with Gasteiger partial charge in [0.25, 0.3) is 0 Å². The van der Waals surface area contributed by atoms with Crippen molar-refractivity contribution in [3.63, 3.8) is 0 Å². The molecule has 19 heavy (non-hydrogen) atoms. The van der Waals surface area contributed by atoms with Gasteiger partial charge in [-0.15, -0.1) is 0 Å². The van der Waals surface area contributed by atoms with E-state index in [2.05, 4.69) is 4.74 Å². The molecule has 0 saturated carbocycles. The molecule has 1 aliphatic heterocycles. The quantitative estimate of drug-likeness (QED) is 0.675. The normalized spacial score (nSPS) is 19.1. The summed E-state index contributed by atoms with van der Waals surface area (Å²) in [5.41, 5.74) is 0. The second-order valence-electron chi connectivity index (χ2n) is 3.66. The summed E-state index contributed by atoms with van der Waals surface area (Å²) in [6, 6.07) is 0. The number of rotatable bonds is 4. The molecule has 1 rings (SSSR count). The first-order valence-corrected chi connectivity index (χ1v) is 6.54. The number of hydrogen-bond acceptors (Lipinski definition) is 6. The van der Waals surface area contributed by atoms with Crippen LogP contribution in [-0.2, 0) is 19.6 Å². The van der Waals surface area contributed by atoms with Crippen LogP contribution in [0.2, 0.25) is 0 Å². The van der Waals surface area contributed by atoms with Crippen LogP contribution in [0.5, 0.6) is 0 Å². The molecule has 0 aromatic carbocycles. The van der Waals surface area contributed by atoms with E-state index in [-0.39, 0.29) is 26.3 Å². The van der Waals surface area contributed by atoms with Gasteiger partial charge < -0.3 is 18.9 Å². The number of nitrogens with zero attached hydrogens (tertiary/aromatic N) is 1. The zero-order valence-electron chi connectivity index (χ0n) is 9.55. The molecule has 1 atom stereocenters. The van der Waals surface area contributed by atoms with Crippen LogP contribution in [0, 0.1) is 0 Å². The Morgan fingerprint density at radius 2 is 1.95 bits per heavy atom. The summed E-state index contributed by atoms with van der Waals surface area (Å²) in [5, 5.41) is -5.14. The molecule has 0 aromatic heterocycles. The fraction of sp³-hybridized carbons (Fsp3) is 0.875. The van der Waals surface area contributed by atoms with Crippen LogP contribution in [0.25, 0.3) is 0 Å². The van der Waals surface area contributed by atoms with Crippen molar-refractivity contribution in [3.8, 4) is 0 Å². The van der Waals surface area contributed by atoms with Gasteiger partial charge in [0.1, 0.15) is 6.61 Å². The maximum atomic E-state index is 13.0. The molecule has 0 bridgehead atoms. The second-order valence-corrected chi connectivity index (χ2v) is 5.11. The molecule has 1 saturated heterocycles. The molecule has 11 heteroatoms. The summed E-state index contributed by atoms with van der Waals surface area (Å²) in [6.07, 6.45) is -4.50. The van der Waals surface area contributed by atoms with Crippen molar-refractivity contribution in [2.24, 2.45) is 0 Å². The Labute approximate surface area is 107 Å². The number of hydrogen-bond donors (Lipinski definition) is 0. The fourth-order valence-electron chi connectivity index (χ4n) is 1.24. The Hall–Kier alpha value is -1.07. The largest absolute Gasteiger partial charge is 0.743 e. The van der Waals surface area contributed by atoms with Crippen LogP contribution in [-0.4, -0.2) is 68.3 Å². The van der Waals surface area contributed by atoms with E-state index in [9.17, 15) is 30.9 Å². The molecule has 0 N–H and O–H groups in total. The number of amides is 1. The molecule has 1 unspecified atom stereocenters. The van der Waals surface area contributed by atoms with Gasteiger partial charge in [0.2, 0.25) is 6.17 Å². The summed E-state index contributed by atoms with van der Waals surface area (Å²) in [7, 11) is -6.16. The standard InChI is InChI=1S/C8H12F3NO6S/c9-6(8(10,11)19(14,15)16)5-18-7(13)12-1-3-17-4-2-12/h6H,1-5H2,(H,14,15,16)/p-1. The highest BCUT2D eigenvalue weighted by Gasteiger charge is 2.48. The van der Waals surface area contributed by atoms with Crippen LogP contribution in [0.3, 0.4) is 0 Å². The fourth-order valence-corrected chi connectivity index (χ4v) is 1.62. The number of carbonyl (C=O) groups is 1. The van der Waals surface area contributed by atoms with Crippen molar-refractivity contribution in [2.45, 2.75) is 11.4 Å². The zero-order valence-corrected chi connectivity index (χ0v) is 10.4. The molecule has 7 nitrogen and oxygen atoms in total. The maximum absolute atomic E-state index is 13.0. The summed E-state index contributed by atoms with van der Waals surface area (Å²) < 4.78 is 77.9. The van der Waals surface area contributed by atoms with E-state index in [4.69, 9.17) is 4.74 Å². The highest BCUT2D eigenvalue weighted by molar-refractivity contribution is 7.86. The molecule has 1 fully saturated rings. The van der Waals surface area contributed by atoms with Gasteiger partial charge >= 0.3 is 11.3 Å². The first-order valence-electron chi connectivity index (χ1n) is 5.13. The Balaban J connectivity index is 2.50. The molecular formula is C8H11F3NO6S-. The number of halogens is 3. The number of ether oxygens (including phenoxy) is 2. The van der Waals surface area contributed by atoms with Gasteiger partial charge in [0, 0.05) is 13.1 Å². The van der Waals surface area contributed by atoms with E-state index in [1.54, 1.807) is 0 Å². The van der Waals surface area contributed by atoms with Crippen LogP contribution in [0.1, 0.15) is 0 Å². The number of morpholine rings is 1. The van der Waals surface area contributed by atoms with E-state index >= 15 is 0 Å². The SMILES string of the molecule is O=C(OCC(F)C(F)(F)S(=O)(=O)[O-])N1CCOCC1. The molecular weight excluding hydrogens is 295 g/mol. The second kappa shape index (κ2) is 5.92. The summed E-state index contributed by atoms with van der Waals surface area (Å²) in [5.74, 6) is 0. The smallest absolute Gasteiger partial charge is 0.410 e. The van der Waals surface area contributed by atoms with Crippen LogP contribution < -0.4 is 0 Å². The van der Waals surface area contributed by atoms with Crippen molar-refractivity contribution >= 4 is 16.2 Å². The lowest BCUT2D eigenvalue weighted by atomic mass is 10.4. The molecule has 0 aromatic rings. The van der Waals surface area contributed by atoms with Crippen molar-refractivity contribution in [1.82, 2.24) is 4.90 Å². The molecule has 1 aliphatic rings. The molecule has 112 valence electrons. The van der Waals surface area contributed by atoms with Crippen LogP contribution in [0.4, 0.5) is 18.0 Å². The van der Waals surface area contributed by atoms with E-state index in [1.165, 1.54) is 0 Å². The molecule has 0 radical (unpaired) electrons. The van der Waals surface area contributed by atoms with Crippen molar-refractivity contribution in [2.75, 3.05) is 32.9 Å². The predicted octanol–water partition coefficient (Wildman–Crippen LogP) is -0.0687. The Kier molecular flexibility index (Phi) is 4.98. The lowest BCUT2D eigenvalue weighted by Gasteiger charge is -2.27.